The molecule has 0 aliphatic carbocycles. The van der Waals surface area contributed by atoms with E-state index >= 15 is 0 Å². The van der Waals surface area contributed by atoms with Crippen LogP contribution in [0.15, 0.2) is 30.3 Å². The molecule has 1 saturated heterocycles. The highest BCUT2D eigenvalue weighted by atomic mass is 16.6. The van der Waals surface area contributed by atoms with E-state index in [1.165, 1.54) is 0 Å². The van der Waals surface area contributed by atoms with Crippen LogP contribution < -0.4 is 0 Å². The third-order valence-corrected chi connectivity index (χ3v) is 1.85. The summed E-state index contributed by atoms with van der Waals surface area (Å²) >= 11 is 0. The van der Waals surface area contributed by atoms with Crippen molar-refractivity contribution >= 4 is 0 Å². The first-order valence-electron chi connectivity index (χ1n) is 4.22. The van der Waals surface area contributed by atoms with Crippen LogP contribution in [0.4, 0.5) is 0 Å². The van der Waals surface area contributed by atoms with Gasteiger partial charge >= 0.3 is 0 Å². The Hall–Kier alpha value is -1.30. The number of aliphatic hydroxyl groups is 1. The quantitative estimate of drug-likeness (QED) is 0.504. The summed E-state index contributed by atoms with van der Waals surface area (Å²) in [6, 6.07) is 9.60. The average molecular weight is 174 g/mol. The first kappa shape index (κ1) is 8.31. The first-order chi connectivity index (χ1) is 6.36. The predicted molar refractivity (Wildman–Crippen MR) is 49.1 cm³/mol. The molecule has 1 aliphatic heterocycles. The molecule has 2 atom stereocenters. The Morgan fingerprint density at radius 3 is 2.69 bits per heavy atom. The molecule has 0 saturated carbocycles. The zero-order valence-corrected chi connectivity index (χ0v) is 7.10. The van der Waals surface area contributed by atoms with Gasteiger partial charge < -0.3 is 9.84 Å². The van der Waals surface area contributed by atoms with Gasteiger partial charge in [0.25, 0.3) is 0 Å². The van der Waals surface area contributed by atoms with Gasteiger partial charge in [0.05, 0.1) is 6.61 Å². The van der Waals surface area contributed by atoms with Crippen molar-refractivity contribution in [3.8, 4) is 11.8 Å². The minimum Gasteiger partial charge on any atom is -0.378 e. The number of benzene rings is 1. The Morgan fingerprint density at radius 1 is 1.38 bits per heavy atom. The van der Waals surface area contributed by atoms with Crippen LogP contribution in [0.5, 0.6) is 0 Å². The second-order valence-corrected chi connectivity index (χ2v) is 2.95. The normalized spacial score (nSPS) is 21.5. The summed E-state index contributed by atoms with van der Waals surface area (Å²) in [5, 5.41) is 9.35. The highest BCUT2D eigenvalue weighted by Crippen LogP contribution is 2.12. The van der Waals surface area contributed by atoms with Crippen LogP contribution >= 0.6 is 0 Å². The molecule has 66 valence electrons. The van der Waals surface area contributed by atoms with Crippen molar-refractivity contribution in [3.63, 3.8) is 0 Å². The number of ether oxygens (including phenoxy) is 1. The highest BCUT2D eigenvalue weighted by molar-refractivity contribution is 5.34. The van der Waals surface area contributed by atoms with E-state index in [1.807, 2.05) is 30.3 Å². The minimum atomic E-state index is -0.639. The monoisotopic (exact) mass is 174 g/mol. The lowest BCUT2D eigenvalue weighted by molar-refractivity contribution is 0.186. The molecule has 0 radical (unpaired) electrons. The smallest absolute Gasteiger partial charge is 0.143 e. The van der Waals surface area contributed by atoms with Crippen molar-refractivity contribution < 1.29 is 9.84 Å². The summed E-state index contributed by atoms with van der Waals surface area (Å²) in [6.07, 6.45) is -0.698. The summed E-state index contributed by atoms with van der Waals surface area (Å²) in [7, 11) is 0. The molecule has 1 heterocycles. The third-order valence-electron chi connectivity index (χ3n) is 1.85. The van der Waals surface area contributed by atoms with E-state index in [1.54, 1.807) is 0 Å². The highest BCUT2D eigenvalue weighted by Gasteiger charge is 2.29. The maximum absolute atomic E-state index is 9.35. The van der Waals surface area contributed by atoms with Gasteiger partial charge in [-0.25, -0.2) is 0 Å². The summed E-state index contributed by atoms with van der Waals surface area (Å²) in [4.78, 5) is 0. The fraction of sp³-hybridized carbons (Fsp3) is 0.273. The average Bonchev–Trinajstić information content (AvgIpc) is 2.99. The van der Waals surface area contributed by atoms with Crippen LogP contribution in [-0.2, 0) is 4.74 Å². The van der Waals surface area contributed by atoms with Crippen molar-refractivity contribution in [2.24, 2.45) is 0 Å². The molecule has 1 aromatic rings. The number of hydrogen-bond donors (Lipinski definition) is 1. The van der Waals surface area contributed by atoms with Crippen molar-refractivity contribution in [1.82, 2.24) is 0 Å². The molecule has 2 nitrogen and oxygen atoms in total. The predicted octanol–water partition coefficient (Wildman–Crippen LogP) is 0.798. The largest absolute Gasteiger partial charge is 0.378 e. The molecule has 1 aliphatic rings. The summed E-state index contributed by atoms with van der Waals surface area (Å²) < 4.78 is 4.91. The van der Waals surface area contributed by atoms with Crippen molar-refractivity contribution in [1.29, 1.82) is 0 Å². The maximum atomic E-state index is 9.35. The minimum absolute atomic E-state index is 0.0591. The Morgan fingerprint density at radius 2 is 2.08 bits per heavy atom. The molecular formula is C11H10O2. The number of hydrogen-bond acceptors (Lipinski definition) is 2. The lowest BCUT2D eigenvalue weighted by Gasteiger charge is -1.94. The second kappa shape index (κ2) is 3.61. The van der Waals surface area contributed by atoms with Crippen molar-refractivity contribution in [2.45, 2.75) is 12.2 Å². The molecule has 2 rings (SSSR count). The zero-order chi connectivity index (χ0) is 9.10. The van der Waals surface area contributed by atoms with Gasteiger partial charge in [0.2, 0.25) is 0 Å². The zero-order valence-electron chi connectivity index (χ0n) is 7.10. The standard InChI is InChI=1S/C11H10O2/c12-10(11-8-13-11)7-6-9-4-2-1-3-5-9/h1-5,10-12H,8H2/t10-,11-/m0/s1. The lowest BCUT2D eigenvalue weighted by Crippen LogP contribution is -2.10. The lowest BCUT2D eigenvalue weighted by atomic mass is 10.2. The van der Waals surface area contributed by atoms with Crippen molar-refractivity contribution in [2.75, 3.05) is 6.61 Å². The molecule has 1 N–H and O–H groups in total. The summed E-state index contributed by atoms with van der Waals surface area (Å²) in [6.45, 7) is 0.630. The van der Waals surface area contributed by atoms with Gasteiger partial charge in [0.1, 0.15) is 12.2 Å². The van der Waals surface area contributed by atoms with Gasteiger partial charge in [-0.2, -0.15) is 0 Å². The van der Waals surface area contributed by atoms with E-state index in [9.17, 15) is 5.11 Å². The fourth-order valence-corrected chi connectivity index (χ4v) is 1.01. The Bertz CT molecular complexity index is 330. The van der Waals surface area contributed by atoms with Crippen LogP contribution in [0, 0.1) is 11.8 Å². The SMILES string of the molecule is O[C@@H](C#Cc1ccccc1)[C@@H]1CO1. The number of aliphatic hydroxyl groups excluding tert-OH is 1. The van der Waals surface area contributed by atoms with E-state index in [-0.39, 0.29) is 6.10 Å². The first-order valence-corrected chi connectivity index (χ1v) is 4.22. The molecule has 2 heteroatoms. The molecule has 13 heavy (non-hydrogen) atoms. The van der Waals surface area contributed by atoms with Crippen molar-refractivity contribution in [3.05, 3.63) is 35.9 Å². The molecule has 0 unspecified atom stereocenters. The van der Waals surface area contributed by atoms with Gasteiger partial charge in [0.15, 0.2) is 0 Å². The van der Waals surface area contributed by atoms with E-state index in [4.69, 9.17) is 4.74 Å². The van der Waals surface area contributed by atoms with Crippen LogP contribution in [0.25, 0.3) is 0 Å². The number of epoxide rings is 1. The Kier molecular flexibility index (Phi) is 2.31. The van der Waals surface area contributed by atoms with Gasteiger partial charge in [0, 0.05) is 5.56 Å². The molecule has 1 aromatic carbocycles. The Balaban J connectivity index is 2.03. The Labute approximate surface area is 77.2 Å². The van der Waals surface area contributed by atoms with Gasteiger partial charge in [-0.15, -0.1) is 0 Å². The maximum Gasteiger partial charge on any atom is 0.143 e. The molecule has 0 aromatic heterocycles. The van der Waals surface area contributed by atoms with E-state index in [0.29, 0.717) is 6.61 Å². The molecular weight excluding hydrogens is 164 g/mol. The van der Waals surface area contributed by atoms with E-state index in [2.05, 4.69) is 11.8 Å². The third kappa shape index (κ3) is 2.32. The van der Waals surface area contributed by atoms with Crippen LogP contribution in [0.3, 0.4) is 0 Å². The van der Waals surface area contributed by atoms with Gasteiger partial charge in [-0.3, -0.25) is 0 Å². The van der Waals surface area contributed by atoms with E-state index in [0.717, 1.165) is 5.56 Å². The van der Waals surface area contributed by atoms with Crippen LogP contribution in [0.2, 0.25) is 0 Å². The topological polar surface area (TPSA) is 32.8 Å². The number of rotatable bonds is 1. The summed E-state index contributed by atoms with van der Waals surface area (Å²) in [5.41, 5.74) is 0.919. The molecule has 0 amide bonds. The fourth-order valence-electron chi connectivity index (χ4n) is 1.01. The molecule has 0 bridgehead atoms. The summed E-state index contributed by atoms with van der Waals surface area (Å²) in [5.74, 6) is 5.63. The molecule has 0 spiro atoms. The van der Waals surface area contributed by atoms with Gasteiger partial charge in [-0.05, 0) is 12.1 Å². The molecule has 1 fully saturated rings. The van der Waals surface area contributed by atoms with Crippen LogP contribution in [-0.4, -0.2) is 23.9 Å². The second-order valence-electron chi connectivity index (χ2n) is 2.95. The van der Waals surface area contributed by atoms with Crippen LogP contribution in [0.1, 0.15) is 5.56 Å². The van der Waals surface area contributed by atoms with E-state index < -0.39 is 6.10 Å². The van der Waals surface area contributed by atoms with Gasteiger partial charge in [-0.1, -0.05) is 30.0 Å².